The third kappa shape index (κ3) is 2.45. The lowest BCUT2D eigenvalue weighted by molar-refractivity contribution is -0.138. The van der Waals surface area contributed by atoms with Gasteiger partial charge in [0.15, 0.2) is 0 Å². The van der Waals surface area contributed by atoms with E-state index in [-0.39, 0.29) is 5.75 Å². The van der Waals surface area contributed by atoms with Crippen LogP contribution in [0.25, 0.3) is 0 Å². The number of anilines is 1. The standard InChI is InChI=1S/C12H17NO3/c1-4-13(9(3)12(15)16)11-7-10(14)6-5-8(11)2/h5-7,9,14H,4H2,1-3H3,(H,15,16). The zero-order valence-electron chi connectivity index (χ0n) is 9.77. The summed E-state index contributed by atoms with van der Waals surface area (Å²) in [7, 11) is 0. The first-order valence-electron chi connectivity index (χ1n) is 5.26. The van der Waals surface area contributed by atoms with Gasteiger partial charge < -0.3 is 15.1 Å². The molecule has 0 heterocycles. The van der Waals surface area contributed by atoms with Crippen molar-refractivity contribution in [1.29, 1.82) is 0 Å². The van der Waals surface area contributed by atoms with Crippen LogP contribution in [0.1, 0.15) is 19.4 Å². The van der Waals surface area contributed by atoms with Crippen molar-refractivity contribution in [3.8, 4) is 5.75 Å². The molecule has 0 aliphatic rings. The first-order valence-corrected chi connectivity index (χ1v) is 5.26. The molecule has 0 radical (unpaired) electrons. The van der Waals surface area contributed by atoms with Gasteiger partial charge in [-0.15, -0.1) is 0 Å². The third-order valence-corrected chi connectivity index (χ3v) is 2.67. The van der Waals surface area contributed by atoms with E-state index in [1.54, 1.807) is 30.0 Å². The number of carbonyl (C=O) groups is 1. The van der Waals surface area contributed by atoms with E-state index in [9.17, 15) is 9.90 Å². The van der Waals surface area contributed by atoms with E-state index in [4.69, 9.17) is 5.11 Å². The molecule has 2 N–H and O–H groups in total. The maximum Gasteiger partial charge on any atom is 0.326 e. The monoisotopic (exact) mass is 223 g/mol. The van der Waals surface area contributed by atoms with Gasteiger partial charge >= 0.3 is 5.97 Å². The van der Waals surface area contributed by atoms with Gasteiger partial charge in [0, 0.05) is 18.3 Å². The van der Waals surface area contributed by atoms with Crippen molar-refractivity contribution in [2.45, 2.75) is 26.8 Å². The summed E-state index contributed by atoms with van der Waals surface area (Å²) >= 11 is 0. The molecule has 0 bridgehead atoms. The second kappa shape index (κ2) is 4.88. The highest BCUT2D eigenvalue weighted by Gasteiger charge is 2.20. The van der Waals surface area contributed by atoms with Crippen molar-refractivity contribution in [3.63, 3.8) is 0 Å². The van der Waals surface area contributed by atoms with Crippen LogP contribution in [0.4, 0.5) is 5.69 Å². The third-order valence-electron chi connectivity index (χ3n) is 2.67. The molecule has 0 aliphatic heterocycles. The second-order valence-corrected chi connectivity index (χ2v) is 3.77. The van der Waals surface area contributed by atoms with E-state index in [2.05, 4.69) is 0 Å². The molecule has 0 amide bonds. The van der Waals surface area contributed by atoms with E-state index in [0.717, 1.165) is 11.3 Å². The minimum absolute atomic E-state index is 0.150. The Bertz CT molecular complexity index is 390. The highest BCUT2D eigenvalue weighted by Crippen LogP contribution is 2.26. The van der Waals surface area contributed by atoms with Crippen LogP contribution in [0.15, 0.2) is 18.2 Å². The number of rotatable bonds is 4. The fraction of sp³-hybridized carbons (Fsp3) is 0.417. The molecule has 0 saturated carbocycles. The Kier molecular flexibility index (Phi) is 3.77. The number of carboxylic acids is 1. The molecular formula is C12H17NO3. The summed E-state index contributed by atoms with van der Waals surface area (Å²) in [5.41, 5.74) is 1.71. The highest BCUT2D eigenvalue weighted by atomic mass is 16.4. The van der Waals surface area contributed by atoms with E-state index in [1.807, 2.05) is 13.8 Å². The molecule has 0 aliphatic carbocycles. The number of likely N-dealkylation sites (N-methyl/N-ethyl adjacent to an activating group) is 1. The molecule has 1 aromatic rings. The van der Waals surface area contributed by atoms with Crippen LogP contribution in [0.3, 0.4) is 0 Å². The molecular weight excluding hydrogens is 206 g/mol. The van der Waals surface area contributed by atoms with Crippen molar-refractivity contribution in [2.75, 3.05) is 11.4 Å². The maximum atomic E-state index is 11.0. The Hall–Kier alpha value is -1.71. The molecule has 0 fully saturated rings. The normalized spacial score (nSPS) is 12.2. The average Bonchev–Trinajstić information content (AvgIpc) is 2.23. The van der Waals surface area contributed by atoms with Gasteiger partial charge in [-0.05, 0) is 32.4 Å². The van der Waals surface area contributed by atoms with E-state index < -0.39 is 12.0 Å². The van der Waals surface area contributed by atoms with Crippen LogP contribution in [-0.2, 0) is 4.79 Å². The summed E-state index contributed by atoms with van der Waals surface area (Å²) in [5.74, 6) is -0.721. The van der Waals surface area contributed by atoms with Crippen LogP contribution in [0.5, 0.6) is 5.75 Å². The van der Waals surface area contributed by atoms with Crippen molar-refractivity contribution >= 4 is 11.7 Å². The molecule has 1 rings (SSSR count). The molecule has 0 spiro atoms. The van der Waals surface area contributed by atoms with Crippen LogP contribution >= 0.6 is 0 Å². The fourth-order valence-corrected chi connectivity index (χ4v) is 1.69. The van der Waals surface area contributed by atoms with Gasteiger partial charge in [0.05, 0.1) is 0 Å². The molecule has 1 aromatic carbocycles. The summed E-state index contributed by atoms with van der Waals surface area (Å²) in [6.07, 6.45) is 0. The predicted octanol–water partition coefficient (Wildman–Crippen LogP) is 2.00. The van der Waals surface area contributed by atoms with Gasteiger partial charge in [0.25, 0.3) is 0 Å². The van der Waals surface area contributed by atoms with Gasteiger partial charge in [-0.25, -0.2) is 4.79 Å². The van der Waals surface area contributed by atoms with Gasteiger partial charge in [-0.2, -0.15) is 0 Å². The maximum absolute atomic E-state index is 11.0. The number of nitrogens with zero attached hydrogens (tertiary/aromatic N) is 1. The van der Waals surface area contributed by atoms with Crippen molar-refractivity contribution < 1.29 is 15.0 Å². The van der Waals surface area contributed by atoms with Crippen LogP contribution in [-0.4, -0.2) is 28.8 Å². The minimum Gasteiger partial charge on any atom is -0.508 e. The molecule has 16 heavy (non-hydrogen) atoms. The quantitative estimate of drug-likeness (QED) is 0.819. The number of hydrogen-bond acceptors (Lipinski definition) is 3. The first-order chi connectivity index (χ1) is 7.47. The largest absolute Gasteiger partial charge is 0.508 e. The van der Waals surface area contributed by atoms with Gasteiger partial charge in [-0.1, -0.05) is 6.07 Å². The molecule has 1 atom stereocenters. The lowest BCUT2D eigenvalue weighted by Gasteiger charge is -2.28. The van der Waals surface area contributed by atoms with Gasteiger partial charge in [-0.3, -0.25) is 0 Å². The molecule has 1 unspecified atom stereocenters. The van der Waals surface area contributed by atoms with Gasteiger partial charge in [0.2, 0.25) is 0 Å². The summed E-state index contributed by atoms with van der Waals surface area (Å²) in [5, 5.41) is 18.4. The summed E-state index contributed by atoms with van der Waals surface area (Å²) < 4.78 is 0. The topological polar surface area (TPSA) is 60.8 Å². The van der Waals surface area contributed by atoms with Crippen molar-refractivity contribution in [1.82, 2.24) is 0 Å². The number of aliphatic carboxylic acids is 1. The number of aryl methyl sites for hydroxylation is 1. The number of hydrogen-bond donors (Lipinski definition) is 2. The molecule has 4 heteroatoms. The average molecular weight is 223 g/mol. The Morgan fingerprint density at radius 2 is 2.12 bits per heavy atom. The van der Waals surface area contributed by atoms with E-state index in [1.165, 1.54) is 0 Å². The number of phenols is 1. The lowest BCUT2D eigenvalue weighted by atomic mass is 10.1. The number of phenolic OH excluding ortho intramolecular Hbond substituents is 1. The summed E-state index contributed by atoms with van der Waals surface area (Å²) in [4.78, 5) is 12.7. The second-order valence-electron chi connectivity index (χ2n) is 3.77. The minimum atomic E-state index is -0.871. The summed E-state index contributed by atoms with van der Waals surface area (Å²) in [6, 6.07) is 4.36. The zero-order chi connectivity index (χ0) is 12.3. The van der Waals surface area contributed by atoms with E-state index >= 15 is 0 Å². The van der Waals surface area contributed by atoms with Crippen LogP contribution < -0.4 is 4.90 Å². The van der Waals surface area contributed by atoms with Crippen LogP contribution in [0.2, 0.25) is 0 Å². The van der Waals surface area contributed by atoms with E-state index in [0.29, 0.717) is 6.54 Å². The lowest BCUT2D eigenvalue weighted by Crippen LogP contribution is -2.39. The summed E-state index contributed by atoms with van der Waals surface area (Å²) in [6.45, 7) is 6.00. The van der Waals surface area contributed by atoms with Crippen molar-refractivity contribution in [2.24, 2.45) is 0 Å². The Morgan fingerprint density at radius 1 is 1.50 bits per heavy atom. The van der Waals surface area contributed by atoms with Gasteiger partial charge in [0.1, 0.15) is 11.8 Å². The zero-order valence-corrected chi connectivity index (χ0v) is 9.77. The molecule has 0 saturated heterocycles. The Balaban J connectivity index is 3.12. The predicted molar refractivity (Wildman–Crippen MR) is 63.0 cm³/mol. The Labute approximate surface area is 95.1 Å². The number of carboxylic acid groups (broad SMARTS) is 1. The fourth-order valence-electron chi connectivity index (χ4n) is 1.69. The Morgan fingerprint density at radius 3 is 2.62 bits per heavy atom. The first kappa shape index (κ1) is 12.4. The number of aromatic hydroxyl groups is 1. The molecule has 88 valence electrons. The smallest absolute Gasteiger partial charge is 0.326 e. The van der Waals surface area contributed by atoms with Crippen LogP contribution in [0, 0.1) is 6.92 Å². The number of benzene rings is 1. The molecule has 0 aromatic heterocycles. The molecule has 4 nitrogen and oxygen atoms in total. The SMILES string of the molecule is CCN(c1cc(O)ccc1C)C(C)C(=O)O. The highest BCUT2D eigenvalue weighted by molar-refractivity contribution is 5.78. The van der Waals surface area contributed by atoms with Crippen molar-refractivity contribution in [3.05, 3.63) is 23.8 Å².